The van der Waals surface area contributed by atoms with Crippen molar-refractivity contribution in [1.82, 2.24) is 0 Å². The van der Waals surface area contributed by atoms with Gasteiger partial charge in [0.15, 0.2) is 0 Å². The van der Waals surface area contributed by atoms with Crippen LogP contribution in [-0.2, 0) is 14.3 Å². The number of epoxide rings is 1. The van der Waals surface area contributed by atoms with E-state index in [4.69, 9.17) is 9.47 Å². The molecule has 0 radical (unpaired) electrons. The van der Waals surface area contributed by atoms with Crippen LogP contribution in [0.1, 0.15) is 52.9 Å². The summed E-state index contributed by atoms with van der Waals surface area (Å²) in [5, 5.41) is 30.6. The van der Waals surface area contributed by atoms with E-state index in [1.165, 1.54) is 6.08 Å². The minimum atomic E-state index is -1.13. The highest BCUT2D eigenvalue weighted by Crippen LogP contribution is 2.68. The van der Waals surface area contributed by atoms with E-state index in [-0.39, 0.29) is 16.7 Å². The lowest BCUT2D eigenvalue weighted by Gasteiger charge is -2.61. The fourth-order valence-electron chi connectivity index (χ4n) is 6.19. The molecule has 2 aliphatic heterocycles. The van der Waals surface area contributed by atoms with Crippen molar-refractivity contribution in [1.29, 1.82) is 0 Å². The third kappa shape index (κ3) is 2.35. The van der Waals surface area contributed by atoms with E-state index in [0.717, 1.165) is 19.3 Å². The van der Waals surface area contributed by atoms with Gasteiger partial charge in [-0.2, -0.15) is 0 Å². The summed E-state index contributed by atoms with van der Waals surface area (Å²) in [6.07, 6.45) is 2.64. The van der Waals surface area contributed by atoms with E-state index in [2.05, 4.69) is 20.8 Å². The molecule has 0 aromatic carbocycles. The van der Waals surface area contributed by atoms with Crippen molar-refractivity contribution in [3.8, 4) is 0 Å². The number of ether oxygens (including phenoxy) is 2. The van der Waals surface area contributed by atoms with Crippen molar-refractivity contribution in [3.05, 3.63) is 11.6 Å². The van der Waals surface area contributed by atoms with Gasteiger partial charge in [-0.1, -0.05) is 20.8 Å². The number of cyclic esters (lactones) is 1. The molecule has 6 nitrogen and oxygen atoms in total. The number of fused-ring (bicyclic) bond motifs is 2. The van der Waals surface area contributed by atoms with E-state index < -0.39 is 30.1 Å². The molecule has 146 valence electrons. The van der Waals surface area contributed by atoms with E-state index in [1.54, 1.807) is 0 Å². The molecule has 8 atom stereocenters. The molecule has 1 spiro atoms. The van der Waals surface area contributed by atoms with Gasteiger partial charge in [-0.25, -0.2) is 4.79 Å². The SMILES string of the molecule is C[C@@H]1CC[C@]2(C)[C@H](C[C@H](O)[C@H](O)[C@]23CO3)[C@]1(C)CCC1=C[C@@H](O)OC1=O. The van der Waals surface area contributed by atoms with Crippen molar-refractivity contribution in [3.63, 3.8) is 0 Å². The van der Waals surface area contributed by atoms with Crippen molar-refractivity contribution in [2.24, 2.45) is 22.7 Å². The van der Waals surface area contributed by atoms with Gasteiger partial charge in [-0.05, 0) is 55.4 Å². The maximum atomic E-state index is 11.9. The van der Waals surface area contributed by atoms with Crippen LogP contribution in [0.15, 0.2) is 11.6 Å². The summed E-state index contributed by atoms with van der Waals surface area (Å²) in [6.45, 7) is 7.20. The van der Waals surface area contributed by atoms with Gasteiger partial charge < -0.3 is 24.8 Å². The molecule has 0 amide bonds. The Morgan fingerprint density at radius 3 is 2.54 bits per heavy atom. The normalized spacial score (nSPS) is 53.2. The Bertz CT molecular complexity index is 640. The van der Waals surface area contributed by atoms with Gasteiger partial charge in [-0.3, -0.25) is 0 Å². The Labute approximate surface area is 154 Å². The molecule has 3 fully saturated rings. The van der Waals surface area contributed by atoms with Gasteiger partial charge in [0, 0.05) is 11.0 Å². The van der Waals surface area contributed by atoms with E-state index >= 15 is 0 Å². The number of aliphatic hydroxyl groups excluding tert-OH is 3. The Hall–Kier alpha value is -0.950. The van der Waals surface area contributed by atoms with Crippen LogP contribution in [0, 0.1) is 22.7 Å². The quantitative estimate of drug-likeness (QED) is 0.517. The zero-order valence-corrected chi connectivity index (χ0v) is 15.8. The number of aliphatic hydroxyl groups is 3. The maximum Gasteiger partial charge on any atom is 0.336 e. The lowest BCUT2D eigenvalue weighted by Crippen LogP contribution is -2.65. The summed E-state index contributed by atoms with van der Waals surface area (Å²) in [5.74, 6) is 0.192. The van der Waals surface area contributed by atoms with Gasteiger partial charge in [0.05, 0.1) is 12.7 Å². The first-order chi connectivity index (χ1) is 12.1. The average Bonchev–Trinajstić information content (AvgIpc) is 3.33. The number of rotatable bonds is 3. The van der Waals surface area contributed by atoms with Gasteiger partial charge >= 0.3 is 5.97 Å². The first-order valence-corrected chi connectivity index (χ1v) is 9.74. The topological polar surface area (TPSA) is 99.5 Å². The summed E-state index contributed by atoms with van der Waals surface area (Å²) in [5.41, 5.74) is -0.371. The second-order valence-corrected chi connectivity index (χ2v) is 9.33. The Kier molecular flexibility index (Phi) is 4.09. The largest absolute Gasteiger partial charge is 0.429 e. The van der Waals surface area contributed by atoms with Crippen LogP contribution < -0.4 is 0 Å². The first kappa shape index (κ1) is 18.4. The minimum absolute atomic E-state index is 0.0955. The molecule has 0 aromatic rings. The van der Waals surface area contributed by atoms with E-state index in [9.17, 15) is 20.1 Å². The summed E-state index contributed by atoms with van der Waals surface area (Å²) >= 11 is 0. The smallest absolute Gasteiger partial charge is 0.336 e. The molecule has 2 aliphatic carbocycles. The third-order valence-electron chi connectivity index (χ3n) is 8.30. The highest BCUT2D eigenvalue weighted by atomic mass is 16.6. The maximum absolute atomic E-state index is 11.9. The Balaban J connectivity index is 1.62. The molecule has 4 aliphatic rings. The van der Waals surface area contributed by atoms with E-state index in [1.807, 2.05) is 0 Å². The number of hydrogen-bond acceptors (Lipinski definition) is 6. The van der Waals surface area contributed by atoms with Crippen LogP contribution in [0.3, 0.4) is 0 Å². The fourth-order valence-corrected chi connectivity index (χ4v) is 6.19. The lowest BCUT2D eigenvalue weighted by atomic mass is 9.43. The molecular weight excluding hydrogens is 336 g/mol. The molecule has 1 saturated heterocycles. The average molecular weight is 366 g/mol. The molecular formula is C20H30O6. The van der Waals surface area contributed by atoms with E-state index in [0.29, 0.717) is 30.9 Å². The second kappa shape index (κ2) is 5.77. The number of carbonyl (C=O) groups is 1. The molecule has 4 rings (SSSR count). The predicted octanol–water partition coefficient (Wildman–Crippen LogP) is 1.52. The monoisotopic (exact) mass is 366 g/mol. The minimum Gasteiger partial charge on any atom is -0.429 e. The van der Waals surface area contributed by atoms with Crippen LogP contribution in [0.5, 0.6) is 0 Å². The molecule has 2 heterocycles. The highest BCUT2D eigenvalue weighted by Gasteiger charge is 2.73. The van der Waals surface area contributed by atoms with Crippen LogP contribution in [0.2, 0.25) is 0 Å². The van der Waals surface area contributed by atoms with Crippen molar-refractivity contribution < 1.29 is 29.6 Å². The number of hydrogen-bond donors (Lipinski definition) is 3. The molecule has 3 N–H and O–H groups in total. The number of esters is 1. The first-order valence-electron chi connectivity index (χ1n) is 9.74. The highest BCUT2D eigenvalue weighted by molar-refractivity contribution is 5.90. The molecule has 0 bridgehead atoms. The third-order valence-corrected chi connectivity index (χ3v) is 8.30. The van der Waals surface area contributed by atoms with Gasteiger partial charge in [0.25, 0.3) is 0 Å². The Morgan fingerprint density at radius 1 is 1.27 bits per heavy atom. The van der Waals surface area contributed by atoms with Gasteiger partial charge in [0.2, 0.25) is 6.29 Å². The van der Waals surface area contributed by atoms with Gasteiger partial charge in [0.1, 0.15) is 11.7 Å². The fraction of sp³-hybridized carbons (Fsp3) is 0.850. The predicted molar refractivity (Wildman–Crippen MR) is 92.8 cm³/mol. The standard InChI is InChI=1S/C20H30O6/c1-11-4-7-19(3)14(9-13(21)16(23)20(19)10-25-20)18(11,2)6-5-12-8-15(22)26-17(12)24/h8,11,13-16,21-23H,4-7,9-10H2,1-3H3/t11-,13+,14-,15+,16+,18-,19-,20-/m1/s1. The molecule has 0 aromatic heterocycles. The Morgan fingerprint density at radius 2 is 1.96 bits per heavy atom. The summed E-state index contributed by atoms with van der Waals surface area (Å²) in [6, 6.07) is 0. The van der Waals surface area contributed by atoms with Crippen molar-refractivity contribution in [2.45, 2.75) is 77.0 Å². The summed E-state index contributed by atoms with van der Waals surface area (Å²) in [7, 11) is 0. The molecule has 6 heteroatoms. The van der Waals surface area contributed by atoms with Crippen molar-refractivity contribution in [2.75, 3.05) is 6.61 Å². The number of carbonyl (C=O) groups excluding carboxylic acids is 1. The summed E-state index contributed by atoms with van der Waals surface area (Å²) < 4.78 is 10.6. The molecule has 0 unspecified atom stereocenters. The molecule has 2 saturated carbocycles. The molecule has 26 heavy (non-hydrogen) atoms. The van der Waals surface area contributed by atoms with Gasteiger partial charge in [-0.15, -0.1) is 0 Å². The zero-order chi connectivity index (χ0) is 18.9. The van der Waals surface area contributed by atoms with Crippen LogP contribution in [0.25, 0.3) is 0 Å². The lowest BCUT2D eigenvalue weighted by molar-refractivity contribution is -0.197. The van der Waals surface area contributed by atoms with Crippen LogP contribution in [0.4, 0.5) is 0 Å². The van der Waals surface area contributed by atoms with Crippen LogP contribution in [-0.4, -0.2) is 52.0 Å². The van der Waals surface area contributed by atoms with Crippen molar-refractivity contribution >= 4 is 5.97 Å². The second-order valence-electron chi connectivity index (χ2n) is 9.33. The van der Waals surface area contributed by atoms with Crippen LogP contribution >= 0.6 is 0 Å². The zero-order valence-electron chi connectivity index (χ0n) is 15.8. The summed E-state index contributed by atoms with van der Waals surface area (Å²) in [4.78, 5) is 11.9.